The smallest absolute Gasteiger partial charge is 0.200 e. The third kappa shape index (κ3) is 3.40. The molecule has 0 aliphatic carbocycles. The molecular weight excluding hydrogens is 499 g/mol. The standard InChI is InChI=1S/C21H7F13/c1-3-9(22)13(26)6(14(27)10(3)23)5(7-15(28)11(24)4(2)12(25)16(7)29)8-17(30)19(32)21(34)20(33)18(8)31/h5H,1-2H3. The average molecular weight is 506 g/mol. The Balaban J connectivity index is 2.68. The predicted molar refractivity (Wildman–Crippen MR) is 89.2 cm³/mol. The monoisotopic (exact) mass is 506 g/mol. The maximum Gasteiger partial charge on any atom is 0.200 e. The molecule has 0 aliphatic heterocycles. The van der Waals surface area contributed by atoms with E-state index in [1.165, 1.54) is 0 Å². The molecule has 0 radical (unpaired) electrons. The van der Waals surface area contributed by atoms with E-state index < -0.39 is 109 Å². The minimum Gasteiger partial charge on any atom is -0.203 e. The van der Waals surface area contributed by atoms with Crippen LogP contribution < -0.4 is 0 Å². The highest BCUT2D eigenvalue weighted by molar-refractivity contribution is 5.49. The number of rotatable bonds is 3. The maximum absolute atomic E-state index is 14.7. The van der Waals surface area contributed by atoms with Gasteiger partial charge in [0.15, 0.2) is 69.8 Å². The average Bonchev–Trinajstić information content (AvgIpc) is 2.81. The van der Waals surface area contributed by atoms with Gasteiger partial charge in [-0.1, -0.05) is 0 Å². The molecule has 0 saturated heterocycles. The van der Waals surface area contributed by atoms with Gasteiger partial charge in [0.2, 0.25) is 5.82 Å². The van der Waals surface area contributed by atoms with E-state index in [0.717, 1.165) is 0 Å². The van der Waals surface area contributed by atoms with Crippen LogP contribution in [0.25, 0.3) is 0 Å². The Bertz CT molecular complexity index is 1110. The highest BCUT2D eigenvalue weighted by Gasteiger charge is 2.41. The van der Waals surface area contributed by atoms with E-state index in [4.69, 9.17) is 0 Å². The molecule has 0 unspecified atom stereocenters. The molecule has 34 heavy (non-hydrogen) atoms. The summed E-state index contributed by atoms with van der Waals surface area (Å²) in [6, 6.07) is 0. The van der Waals surface area contributed by atoms with Crippen molar-refractivity contribution in [2.75, 3.05) is 0 Å². The number of hydrogen-bond donors (Lipinski definition) is 0. The van der Waals surface area contributed by atoms with Crippen LogP contribution in [0.4, 0.5) is 57.1 Å². The van der Waals surface area contributed by atoms with Gasteiger partial charge >= 0.3 is 0 Å². The highest BCUT2D eigenvalue weighted by Crippen LogP contribution is 2.44. The fourth-order valence-corrected chi connectivity index (χ4v) is 3.33. The summed E-state index contributed by atoms with van der Waals surface area (Å²) in [6.07, 6.45) is 0. The lowest BCUT2D eigenvalue weighted by Gasteiger charge is -2.24. The largest absolute Gasteiger partial charge is 0.203 e. The summed E-state index contributed by atoms with van der Waals surface area (Å²) < 4.78 is 186. The van der Waals surface area contributed by atoms with E-state index in [1.54, 1.807) is 0 Å². The fourth-order valence-electron chi connectivity index (χ4n) is 3.33. The van der Waals surface area contributed by atoms with E-state index in [2.05, 4.69) is 0 Å². The first-order chi connectivity index (χ1) is 15.7. The zero-order valence-corrected chi connectivity index (χ0v) is 16.5. The van der Waals surface area contributed by atoms with Crippen LogP contribution in [0.2, 0.25) is 0 Å². The summed E-state index contributed by atoms with van der Waals surface area (Å²) >= 11 is 0. The molecule has 0 heterocycles. The van der Waals surface area contributed by atoms with Crippen molar-refractivity contribution in [1.82, 2.24) is 0 Å². The number of halogens is 13. The molecule has 182 valence electrons. The van der Waals surface area contributed by atoms with Crippen molar-refractivity contribution < 1.29 is 57.1 Å². The molecule has 13 heteroatoms. The zero-order chi connectivity index (χ0) is 26.0. The molecule has 0 N–H and O–H groups in total. The first-order valence-electron chi connectivity index (χ1n) is 8.82. The molecular formula is C21H7F13. The Labute approximate surface area is 181 Å². The second kappa shape index (κ2) is 8.51. The third-order valence-electron chi connectivity index (χ3n) is 5.14. The van der Waals surface area contributed by atoms with Crippen LogP contribution in [-0.4, -0.2) is 0 Å². The van der Waals surface area contributed by atoms with Crippen molar-refractivity contribution in [3.8, 4) is 0 Å². The first-order valence-corrected chi connectivity index (χ1v) is 8.82. The van der Waals surface area contributed by atoms with Crippen LogP contribution in [0.5, 0.6) is 0 Å². The van der Waals surface area contributed by atoms with Crippen molar-refractivity contribution in [1.29, 1.82) is 0 Å². The maximum atomic E-state index is 14.7. The molecule has 0 bridgehead atoms. The SMILES string of the molecule is Cc1c(F)c(F)c(C(c2c(F)c(F)c(C)c(F)c2F)c2c(F)c(F)c(F)c(F)c2F)c(F)c1F. The Morgan fingerprint density at radius 2 is 0.471 bits per heavy atom. The van der Waals surface area contributed by atoms with Crippen molar-refractivity contribution in [3.63, 3.8) is 0 Å². The van der Waals surface area contributed by atoms with Crippen LogP contribution in [-0.2, 0) is 0 Å². The minimum absolute atomic E-state index is 0.473. The van der Waals surface area contributed by atoms with Crippen molar-refractivity contribution in [3.05, 3.63) is 103 Å². The molecule has 3 aromatic carbocycles. The van der Waals surface area contributed by atoms with Gasteiger partial charge in [-0.2, -0.15) is 0 Å². The third-order valence-corrected chi connectivity index (χ3v) is 5.14. The van der Waals surface area contributed by atoms with Crippen LogP contribution in [0.15, 0.2) is 0 Å². The molecule has 0 saturated carbocycles. The molecule has 0 fully saturated rings. The van der Waals surface area contributed by atoms with E-state index in [1.807, 2.05) is 0 Å². The van der Waals surface area contributed by atoms with Gasteiger partial charge in [-0.05, 0) is 13.8 Å². The van der Waals surface area contributed by atoms with Gasteiger partial charge in [-0.15, -0.1) is 0 Å². The van der Waals surface area contributed by atoms with Gasteiger partial charge < -0.3 is 0 Å². The van der Waals surface area contributed by atoms with Gasteiger partial charge in [-0.3, -0.25) is 0 Å². The Hall–Kier alpha value is -3.25. The molecule has 0 aliphatic rings. The highest BCUT2D eigenvalue weighted by atomic mass is 19.2. The summed E-state index contributed by atoms with van der Waals surface area (Å²) in [4.78, 5) is 0. The summed E-state index contributed by atoms with van der Waals surface area (Å²) in [5.41, 5.74) is -9.82. The normalized spacial score (nSPS) is 11.6. The first kappa shape index (κ1) is 25.4. The van der Waals surface area contributed by atoms with E-state index in [-0.39, 0.29) is 0 Å². The second-order valence-electron chi connectivity index (χ2n) is 7.01. The minimum atomic E-state index is -3.63. The molecule has 0 amide bonds. The van der Waals surface area contributed by atoms with E-state index in [9.17, 15) is 57.1 Å². The van der Waals surface area contributed by atoms with Gasteiger partial charge in [-0.25, -0.2) is 57.1 Å². The summed E-state index contributed by atoms with van der Waals surface area (Å²) in [6.45, 7) is 0.945. The topological polar surface area (TPSA) is 0 Å². The molecule has 3 aromatic rings. The van der Waals surface area contributed by atoms with Gasteiger partial charge in [0.1, 0.15) is 0 Å². The fraction of sp³-hybridized carbons (Fsp3) is 0.143. The van der Waals surface area contributed by atoms with Gasteiger partial charge in [0, 0.05) is 27.8 Å². The predicted octanol–water partition coefficient (Wildman–Crippen LogP) is 7.29. The quantitative estimate of drug-likeness (QED) is 0.152. The Morgan fingerprint density at radius 1 is 0.294 bits per heavy atom. The van der Waals surface area contributed by atoms with Crippen LogP contribution in [0, 0.1) is 89.5 Å². The van der Waals surface area contributed by atoms with Gasteiger partial charge in [0.25, 0.3) is 0 Å². The lowest BCUT2D eigenvalue weighted by molar-refractivity contribution is 0.362. The number of hydrogen-bond acceptors (Lipinski definition) is 0. The van der Waals surface area contributed by atoms with Crippen molar-refractivity contribution in [2.24, 2.45) is 0 Å². The van der Waals surface area contributed by atoms with Crippen molar-refractivity contribution in [2.45, 2.75) is 19.8 Å². The van der Waals surface area contributed by atoms with Crippen LogP contribution in [0.3, 0.4) is 0 Å². The van der Waals surface area contributed by atoms with Crippen LogP contribution >= 0.6 is 0 Å². The number of benzene rings is 3. The molecule has 0 spiro atoms. The lowest BCUT2D eigenvalue weighted by Crippen LogP contribution is -2.21. The van der Waals surface area contributed by atoms with Gasteiger partial charge in [0.05, 0.1) is 5.92 Å². The summed E-state index contributed by atoms with van der Waals surface area (Å²) in [7, 11) is 0. The second-order valence-corrected chi connectivity index (χ2v) is 7.01. The van der Waals surface area contributed by atoms with E-state index >= 15 is 0 Å². The molecule has 3 rings (SSSR count). The van der Waals surface area contributed by atoms with E-state index in [0.29, 0.717) is 13.8 Å². The molecule has 0 atom stereocenters. The summed E-state index contributed by atoms with van der Waals surface area (Å²) in [5.74, 6) is -37.3. The Kier molecular flexibility index (Phi) is 6.35. The molecule has 0 nitrogen and oxygen atoms in total. The zero-order valence-electron chi connectivity index (χ0n) is 16.5. The van der Waals surface area contributed by atoms with Crippen LogP contribution in [0.1, 0.15) is 33.7 Å². The lowest BCUT2D eigenvalue weighted by atomic mass is 9.81. The van der Waals surface area contributed by atoms with Crippen molar-refractivity contribution >= 4 is 0 Å². The summed E-state index contributed by atoms with van der Waals surface area (Å²) in [5, 5.41) is 0. The Morgan fingerprint density at radius 3 is 0.706 bits per heavy atom. The molecule has 0 aromatic heterocycles.